The van der Waals surface area contributed by atoms with Crippen LogP contribution in [0.5, 0.6) is 0 Å². The molecule has 2 heterocycles. The van der Waals surface area contributed by atoms with E-state index in [1.54, 1.807) is 11.3 Å². The first-order chi connectivity index (χ1) is 11.7. The highest BCUT2D eigenvalue weighted by Gasteiger charge is 2.29. The highest BCUT2D eigenvalue weighted by Crippen LogP contribution is 2.40. The van der Waals surface area contributed by atoms with E-state index in [2.05, 4.69) is 48.3 Å². The molecule has 1 unspecified atom stereocenters. The Kier molecular flexibility index (Phi) is 4.41. The lowest BCUT2D eigenvalue weighted by Crippen LogP contribution is -1.91. The molecule has 3 aromatic rings. The first-order valence-electron chi connectivity index (χ1n) is 8.17. The molecular formula is C18H19N3OS2. The van der Waals surface area contributed by atoms with Crippen LogP contribution in [0, 0.1) is 6.92 Å². The second-order valence-electron chi connectivity index (χ2n) is 6.11. The van der Waals surface area contributed by atoms with Crippen LogP contribution in [-0.2, 0) is 5.75 Å². The molecule has 124 valence electrons. The average Bonchev–Trinajstić information content (AvgIpc) is 3.22. The molecule has 0 aliphatic heterocycles. The van der Waals surface area contributed by atoms with Crippen molar-refractivity contribution < 1.29 is 4.52 Å². The van der Waals surface area contributed by atoms with Crippen LogP contribution < -0.4 is 0 Å². The van der Waals surface area contributed by atoms with Crippen molar-refractivity contribution in [2.45, 2.75) is 43.6 Å². The number of benzene rings is 1. The molecule has 24 heavy (non-hydrogen) atoms. The maximum atomic E-state index is 5.43. The van der Waals surface area contributed by atoms with Gasteiger partial charge in [-0.3, -0.25) is 0 Å². The zero-order valence-corrected chi connectivity index (χ0v) is 15.4. The van der Waals surface area contributed by atoms with Crippen LogP contribution >= 0.6 is 23.1 Å². The van der Waals surface area contributed by atoms with Crippen LogP contribution in [0.1, 0.15) is 53.2 Å². The molecule has 0 saturated heterocycles. The van der Waals surface area contributed by atoms with Gasteiger partial charge in [0.1, 0.15) is 5.01 Å². The Balaban J connectivity index is 1.42. The van der Waals surface area contributed by atoms with Crippen molar-refractivity contribution in [3.05, 3.63) is 52.6 Å². The summed E-state index contributed by atoms with van der Waals surface area (Å²) in [6, 6.07) is 10.3. The van der Waals surface area contributed by atoms with Gasteiger partial charge in [-0.15, -0.1) is 23.1 Å². The molecule has 0 bridgehead atoms. The molecule has 1 atom stereocenters. The largest absolute Gasteiger partial charge is 0.338 e. The van der Waals surface area contributed by atoms with E-state index in [9.17, 15) is 0 Å². The summed E-state index contributed by atoms with van der Waals surface area (Å²) in [7, 11) is 0. The predicted molar refractivity (Wildman–Crippen MR) is 98.3 cm³/mol. The third-order valence-electron chi connectivity index (χ3n) is 4.13. The number of thiazole rings is 1. The van der Waals surface area contributed by atoms with Gasteiger partial charge < -0.3 is 4.52 Å². The number of aromatic nitrogens is 3. The molecular weight excluding hydrogens is 338 g/mol. The summed E-state index contributed by atoms with van der Waals surface area (Å²) < 4.78 is 5.43. The Hall–Kier alpha value is -1.66. The monoisotopic (exact) mass is 357 g/mol. The molecule has 0 N–H and O–H groups in total. The number of rotatable bonds is 6. The molecule has 0 amide bonds. The smallest absolute Gasteiger partial charge is 0.239 e. The molecule has 6 heteroatoms. The molecule has 1 aliphatic carbocycles. The van der Waals surface area contributed by atoms with E-state index >= 15 is 0 Å². The van der Waals surface area contributed by atoms with E-state index in [0.29, 0.717) is 5.92 Å². The van der Waals surface area contributed by atoms with Crippen molar-refractivity contribution in [1.29, 1.82) is 0 Å². The van der Waals surface area contributed by atoms with Gasteiger partial charge in [0.25, 0.3) is 0 Å². The molecule has 1 aliphatic rings. The third kappa shape index (κ3) is 3.39. The maximum absolute atomic E-state index is 5.43. The first-order valence-corrected chi connectivity index (χ1v) is 10.0. The molecule has 2 aromatic heterocycles. The van der Waals surface area contributed by atoms with Gasteiger partial charge in [-0.05, 0) is 26.7 Å². The predicted octanol–water partition coefficient (Wildman–Crippen LogP) is 5.37. The van der Waals surface area contributed by atoms with E-state index in [-0.39, 0.29) is 5.25 Å². The Bertz CT molecular complexity index is 824. The van der Waals surface area contributed by atoms with Gasteiger partial charge >= 0.3 is 0 Å². The van der Waals surface area contributed by atoms with E-state index in [1.807, 2.05) is 17.8 Å². The summed E-state index contributed by atoms with van der Waals surface area (Å²) in [5, 5.41) is 5.40. The average molecular weight is 358 g/mol. The number of thioether (sulfide) groups is 1. The Morgan fingerprint density at radius 2 is 2.04 bits per heavy atom. The maximum Gasteiger partial charge on any atom is 0.239 e. The first kappa shape index (κ1) is 15.8. The highest BCUT2D eigenvalue weighted by atomic mass is 32.2. The van der Waals surface area contributed by atoms with E-state index in [0.717, 1.165) is 28.2 Å². The van der Waals surface area contributed by atoms with Gasteiger partial charge in [0.15, 0.2) is 5.82 Å². The molecule has 4 nitrogen and oxygen atoms in total. The molecule has 4 rings (SSSR count). The van der Waals surface area contributed by atoms with Crippen molar-refractivity contribution in [3.63, 3.8) is 0 Å². The van der Waals surface area contributed by atoms with Crippen LogP contribution in [0.3, 0.4) is 0 Å². The van der Waals surface area contributed by atoms with Gasteiger partial charge in [0.2, 0.25) is 5.89 Å². The van der Waals surface area contributed by atoms with Crippen molar-refractivity contribution in [3.8, 4) is 10.6 Å². The zero-order chi connectivity index (χ0) is 16.5. The number of aryl methyl sites for hydroxylation is 1. The summed E-state index contributed by atoms with van der Waals surface area (Å²) in [5.74, 6) is 3.08. The fourth-order valence-electron chi connectivity index (χ4n) is 2.46. The van der Waals surface area contributed by atoms with Crippen molar-refractivity contribution >= 4 is 23.1 Å². The molecule has 1 aromatic carbocycles. The standard InChI is InChI=1S/C18H19N3OS2/c1-11-15(24-18(19-11)14-6-4-3-5-7-14)10-23-12(2)17-20-16(21-22-17)13-8-9-13/h3-7,12-13H,8-10H2,1-2H3. The normalized spacial score (nSPS) is 15.6. The SMILES string of the molecule is Cc1nc(-c2ccccc2)sc1CSC(C)c1nc(C2CC2)no1. The topological polar surface area (TPSA) is 51.8 Å². The second-order valence-corrected chi connectivity index (χ2v) is 8.52. The summed E-state index contributed by atoms with van der Waals surface area (Å²) in [5.41, 5.74) is 2.30. The van der Waals surface area contributed by atoms with E-state index < -0.39 is 0 Å². The lowest BCUT2D eigenvalue weighted by Gasteiger charge is -2.05. The highest BCUT2D eigenvalue weighted by molar-refractivity contribution is 7.98. The van der Waals surface area contributed by atoms with Gasteiger partial charge in [0, 0.05) is 22.1 Å². The van der Waals surface area contributed by atoms with Crippen LogP contribution in [-0.4, -0.2) is 15.1 Å². The van der Waals surface area contributed by atoms with E-state index in [1.165, 1.54) is 23.3 Å². The quantitative estimate of drug-likeness (QED) is 0.593. The number of nitrogens with zero attached hydrogens (tertiary/aromatic N) is 3. The van der Waals surface area contributed by atoms with Crippen LogP contribution in [0.25, 0.3) is 10.6 Å². The minimum Gasteiger partial charge on any atom is -0.338 e. The lowest BCUT2D eigenvalue weighted by atomic mass is 10.2. The third-order valence-corrected chi connectivity index (χ3v) is 6.67. The summed E-state index contributed by atoms with van der Waals surface area (Å²) in [6.07, 6.45) is 2.39. The van der Waals surface area contributed by atoms with Crippen molar-refractivity contribution in [1.82, 2.24) is 15.1 Å². The fourth-order valence-corrected chi connectivity index (χ4v) is 4.61. The van der Waals surface area contributed by atoms with Crippen LogP contribution in [0.4, 0.5) is 0 Å². The van der Waals surface area contributed by atoms with Gasteiger partial charge in [-0.1, -0.05) is 35.5 Å². The van der Waals surface area contributed by atoms with Crippen molar-refractivity contribution in [2.24, 2.45) is 0 Å². The zero-order valence-electron chi connectivity index (χ0n) is 13.7. The van der Waals surface area contributed by atoms with E-state index in [4.69, 9.17) is 9.51 Å². The number of hydrogen-bond donors (Lipinski definition) is 0. The molecule has 0 spiro atoms. The molecule has 1 fully saturated rings. The van der Waals surface area contributed by atoms with Gasteiger partial charge in [-0.25, -0.2) is 4.98 Å². The second kappa shape index (κ2) is 6.69. The Morgan fingerprint density at radius 1 is 1.25 bits per heavy atom. The van der Waals surface area contributed by atoms with Gasteiger partial charge in [0.05, 0.1) is 10.9 Å². The van der Waals surface area contributed by atoms with Crippen molar-refractivity contribution in [2.75, 3.05) is 0 Å². The minimum absolute atomic E-state index is 0.201. The Labute approximate surface area is 149 Å². The molecule has 0 radical (unpaired) electrons. The van der Waals surface area contributed by atoms with Gasteiger partial charge in [-0.2, -0.15) is 4.98 Å². The summed E-state index contributed by atoms with van der Waals surface area (Å²) >= 11 is 3.60. The minimum atomic E-state index is 0.201. The van der Waals surface area contributed by atoms with Crippen LogP contribution in [0.15, 0.2) is 34.9 Å². The Morgan fingerprint density at radius 3 is 2.79 bits per heavy atom. The lowest BCUT2D eigenvalue weighted by molar-refractivity contribution is 0.375. The summed E-state index contributed by atoms with van der Waals surface area (Å²) in [6.45, 7) is 4.21. The number of hydrogen-bond acceptors (Lipinski definition) is 6. The molecule has 1 saturated carbocycles. The summed E-state index contributed by atoms with van der Waals surface area (Å²) in [4.78, 5) is 10.6. The fraction of sp³-hybridized carbons (Fsp3) is 0.389. The van der Waals surface area contributed by atoms with Crippen LogP contribution in [0.2, 0.25) is 0 Å².